The van der Waals surface area contributed by atoms with Gasteiger partial charge in [-0.1, -0.05) is 24.4 Å². The van der Waals surface area contributed by atoms with E-state index in [1.165, 1.54) is 18.9 Å². The lowest BCUT2D eigenvalue weighted by Crippen LogP contribution is -2.11. The molecule has 0 aliphatic heterocycles. The number of ether oxygens (including phenoxy) is 1. The molecule has 18 heavy (non-hydrogen) atoms. The van der Waals surface area contributed by atoms with E-state index in [2.05, 4.69) is 0 Å². The summed E-state index contributed by atoms with van der Waals surface area (Å²) >= 11 is 5.99. The summed E-state index contributed by atoms with van der Waals surface area (Å²) in [6.07, 6.45) is 3.38. The van der Waals surface area contributed by atoms with Crippen molar-refractivity contribution in [3.05, 3.63) is 28.5 Å². The molecule has 2 nitrogen and oxygen atoms in total. The zero-order chi connectivity index (χ0) is 12.4. The minimum absolute atomic E-state index is 0. The molecule has 1 aromatic carbocycles. The quantitative estimate of drug-likeness (QED) is 0.887. The van der Waals surface area contributed by atoms with E-state index in [0.29, 0.717) is 17.5 Å². The average molecular weight is 294 g/mol. The largest absolute Gasteiger partial charge is 0.489 e. The topological polar surface area (TPSA) is 35.2 Å². The smallest absolute Gasteiger partial charge is 0.173 e. The van der Waals surface area contributed by atoms with Crippen LogP contribution in [0, 0.1) is 11.7 Å². The Labute approximate surface area is 118 Å². The molecule has 1 atom stereocenters. The van der Waals surface area contributed by atoms with E-state index < -0.39 is 5.82 Å². The van der Waals surface area contributed by atoms with E-state index in [1.54, 1.807) is 13.0 Å². The zero-order valence-electron chi connectivity index (χ0n) is 10.3. The molecule has 0 unspecified atom stereocenters. The third-order valence-electron chi connectivity index (χ3n) is 3.02. The van der Waals surface area contributed by atoms with Crippen molar-refractivity contribution in [2.45, 2.75) is 32.2 Å². The first kappa shape index (κ1) is 15.5. The maximum atomic E-state index is 13.7. The van der Waals surface area contributed by atoms with Crippen molar-refractivity contribution >= 4 is 24.0 Å². The van der Waals surface area contributed by atoms with Crippen molar-refractivity contribution in [1.29, 1.82) is 0 Å². The summed E-state index contributed by atoms with van der Waals surface area (Å²) in [5, 5.41) is 0.299. The minimum atomic E-state index is -0.430. The van der Waals surface area contributed by atoms with Crippen LogP contribution in [0.1, 0.15) is 37.8 Å². The van der Waals surface area contributed by atoms with Crippen LogP contribution < -0.4 is 10.5 Å². The lowest BCUT2D eigenvalue weighted by Gasteiger charge is -2.14. The molecule has 0 heterocycles. The maximum Gasteiger partial charge on any atom is 0.173 e. The predicted octanol–water partition coefficient (Wildman–Crippen LogP) is 4.10. The number of halogens is 3. The summed E-state index contributed by atoms with van der Waals surface area (Å²) < 4.78 is 18.9. The fraction of sp³-hybridized carbons (Fsp3) is 0.538. The molecular weight excluding hydrogens is 276 g/mol. The van der Waals surface area contributed by atoms with Crippen LogP contribution in [0.3, 0.4) is 0 Å². The highest BCUT2D eigenvalue weighted by Gasteiger charge is 2.25. The molecule has 0 saturated heterocycles. The van der Waals surface area contributed by atoms with Crippen LogP contribution in [0.4, 0.5) is 4.39 Å². The Morgan fingerprint density at radius 1 is 1.50 bits per heavy atom. The summed E-state index contributed by atoms with van der Waals surface area (Å²) in [6.45, 7) is 2.19. The van der Waals surface area contributed by atoms with Gasteiger partial charge in [0.15, 0.2) is 11.6 Å². The van der Waals surface area contributed by atoms with E-state index in [9.17, 15) is 4.39 Å². The molecule has 5 heteroatoms. The van der Waals surface area contributed by atoms with Crippen LogP contribution in [0.5, 0.6) is 5.75 Å². The molecule has 0 bridgehead atoms. The highest BCUT2D eigenvalue weighted by atomic mass is 35.5. The number of hydrogen-bond acceptors (Lipinski definition) is 2. The Morgan fingerprint density at radius 3 is 2.67 bits per heavy atom. The molecule has 102 valence electrons. The van der Waals surface area contributed by atoms with Crippen molar-refractivity contribution in [3.8, 4) is 5.75 Å². The van der Waals surface area contributed by atoms with Crippen LogP contribution in [-0.4, -0.2) is 6.61 Å². The van der Waals surface area contributed by atoms with E-state index in [0.717, 1.165) is 12.0 Å². The van der Waals surface area contributed by atoms with E-state index >= 15 is 0 Å². The molecule has 0 amide bonds. The summed E-state index contributed by atoms with van der Waals surface area (Å²) in [4.78, 5) is 0. The predicted molar refractivity (Wildman–Crippen MR) is 74.1 cm³/mol. The molecule has 0 spiro atoms. The van der Waals surface area contributed by atoms with Gasteiger partial charge in [0, 0.05) is 6.04 Å². The van der Waals surface area contributed by atoms with Crippen molar-refractivity contribution in [2.24, 2.45) is 11.7 Å². The summed E-state index contributed by atoms with van der Waals surface area (Å²) in [7, 11) is 0. The van der Waals surface area contributed by atoms with E-state index in [4.69, 9.17) is 22.1 Å². The van der Waals surface area contributed by atoms with Gasteiger partial charge >= 0.3 is 0 Å². The van der Waals surface area contributed by atoms with Crippen LogP contribution in [-0.2, 0) is 0 Å². The van der Waals surface area contributed by atoms with Gasteiger partial charge in [-0.2, -0.15) is 0 Å². The molecule has 1 aliphatic carbocycles. The Kier molecular flexibility index (Phi) is 5.70. The van der Waals surface area contributed by atoms with Gasteiger partial charge in [-0.3, -0.25) is 0 Å². The van der Waals surface area contributed by atoms with Gasteiger partial charge in [-0.05, 0) is 37.0 Å². The van der Waals surface area contributed by atoms with E-state index in [1.807, 2.05) is 0 Å². The molecule has 2 rings (SSSR count). The van der Waals surface area contributed by atoms with E-state index in [-0.39, 0.29) is 24.2 Å². The number of benzene rings is 1. The van der Waals surface area contributed by atoms with Gasteiger partial charge < -0.3 is 10.5 Å². The summed E-state index contributed by atoms with van der Waals surface area (Å²) in [5.74, 6) is 0.399. The molecule has 1 aliphatic rings. The second-order valence-electron chi connectivity index (χ2n) is 4.53. The second kappa shape index (κ2) is 6.60. The molecule has 1 saturated carbocycles. The number of nitrogens with two attached hydrogens (primary N) is 1. The van der Waals surface area contributed by atoms with Gasteiger partial charge in [0.1, 0.15) is 0 Å². The van der Waals surface area contributed by atoms with Gasteiger partial charge in [-0.15, -0.1) is 12.4 Å². The van der Waals surface area contributed by atoms with Crippen LogP contribution >= 0.6 is 24.0 Å². The maximum absolute atomic E-state index is 13.7. The van der Waals surface area contributed by atoms with Crippen LogP contribution in [0.15, 0.2) is 12.1 Å². The fourth-order valence-electron chi connectivity index (χ4n) is 1.92. The zero-order valence-corrected chi connectivity index (χ0v) is 11.9. The monoisotopic (exact) mass is 293 g/mol. The molecule has 0 aromatic heterocycles. The lowest BCUT2D eigenvalue weighted by atomic mass is 10.0. The Bertz CT molecular complexity index is 387. The van der Waals surface area contributed by atoms with Crippen LogP contribution in [0.2, 0.25) is 5.02 Å². The lowest BCUT2D eigenvalue weighted by molar-refractivity contribution is 0.321. The standard InChI is InChI=1S/C13H17ClFNO.ClH/c1-2-17-13-10(14)6-9(7-11(13)15)12(16)5-8-3-4-8;/h6-8,12H,2-5,16H2,1H3;1H/t12-;/m0./s1. The Balaban J connectivity index is 0.00000162. The Morgan fingerprint density at radius 2 is 2.17 bits per heavy atom. The Hall–Kier alpha value is -0.510. The highest BCUT2D eigenvalue weighted by Crippen LogP contribution is 2.38. The third-order valence-corrected chi connectivity index (χ3v) is 3.30. The average Bonchev–Trinajstić information content (AvgIpc) is 3.07. The molecule has 1 aromatic rings. The first-order valence-electron chi connectivity index (χ1n) is 5.99. The molecule has 0 radical (unpaired) electrons. The fourth-order valence-corrected chi connectivity index (χ4v) is 2.20. The van der Waals surface area contributed by atoms with Crippen molar-refractivity contribution in [1.82, 2.24) is 0 Å². The van der Waals surface area contributed by atoms with Gasteiger partial charge in [-0.25, -0.2) is 4.39 Å². The van der Waals surface area contributed by atoms with Crippen molar-refractivity contribution in [2.75, 3.05) is 6.61 Å². The number of hydrogen-bond donors (Lipinski definition) is 1. The van der Waals surface area contributed by atoms with Gasteiger partial charge in [0.2, 0.25) is 0 Å². The van der Waals surface area contributed by atoms with Crippen LogP contribution in [0.25, 0.3) is 0 Å². The van der Waals surface area contributed by atoms with Crippen molar-refractivity contribution in [3.63, 3.8) is 0 Å². The molecule has 1 fully saturated rings. The van der Waals surface area contributed by atoms with Crippen molar-refractivity contribution < 1.29 is 9.13 Å². The van der Waals surface area contributed by atoms with Gasteiger partial charge in [0.05, 0.1) is 11.6 Å². The SMILES string of the molecule is CCOc1c(F)cc([C@@H](N)CC2CC2)cc1Cl.Cl. The minimum Gasteiger partial charge on any atom is -0.489 e. The first-order valence-corrected chi connectivity index (χ1v) is 6.37. The number of rotatable bonds is 5. The normalized spacial score (nSPS) is 16.0. The second-order valence-corrected chi connectivity index (χ2v) is 4.94. The first-order chi connectivity index (χ1) is 8.11. The highest BCUT2D eigenvalue weighted by molar-refractivity contribution is 6.32. The summed E-state index contributed by atoms with van der Waals surface area (Å²) in [5.41, 5.74) is 6.78. The van der Waals surface area contributed by atoms with Gasteiger partial charge in [0.25, 0.3) is 0 Å². The third kappa shape index (κ3) is 3.74. The molecule has 2 N–H and O–H groups in total. The summed E-state index contributed by atoms with van der Waals surface area (Å²) in [6, 6.07) is 3.01. The molecular formula is C13H18Cl2FNO.